The van der Waals surface area contributed by atoms with E-state index < -0.39 is 0 Å². The first-order valence-electron chi connectivity index (χ1n) is 5.96. The normalized spacial score (nSPS) is 15.5. The summed E-state index contributed by atoms with van der Waals surface area (Å²) in [5.74, 6) is 2.68. The molecule has 0 spiro atoms. The minimum Gasteiger partial charge on any atom is -0.494 e. The summed E-state index contributed by atoms with van der Waals surface area (Å²) in [5.41, 5.74) is 2.41. The Bertz CT molecular complexity index is 356. The Labute approximate surface area is 97.3 Å². The van der Waals surface area contributed by atoms with Crippen LogP contribution in [-0.2, 0) is 0 Å². The van der Waals surface area contributed by atoms with Gasteiger partial charge in [-0.25, -0.2) is 0 Å². The van der Waals surface area contributed by atoms with Crippen molar-refractivity contribution in [1.82, 2.24) is 0 Å². The molecule has 1 aromatic carbocycles. The van der Waals surface area contributed by atoms with E-state index in [2.05, 4.69) is 18.2 Å². The Kier molecular flexibility index (Phi) is 3.49. The molecule has 0 unspecified atom stereocenters. The van der Waals surface area contributed by atoms with Gasteiger partial charge in [0.2, 0.25) is 0 Å². The second-order valence-corrected chi connectivity index (χ2v) is 4.40. The summed E-state index contributed by atoms with van der Waals surface area (Å²) in [7, 11) is 0. The molecule has 0 bridgehead atoms. The number of hydrogen-bond acceptors (Lipinski definition) is 2. The molecule has 1 saturated carbocycles. The van der Waals surface area contributed by atoms with Crippen LogP contribution in [0.3, 0.4) is 0 Å². The number of aliphatic hydroxyl groups is 1. The van der Waals surface area contributed by atoms with Gasteiger partial charge in [0, 0.05) is 5.92 Å². The minimum atomic E-state index is 0.105. The van der Waals surface area contributed by atoms with Crippen LogP contribution < -0.4 is 4.74 Å². The first-order valence-corrected chi connectivity index (χ1v) is 5.96. The van der Waals surface area contributed by atoms with Crippen LogP contribution in [0.15, 0.2) is 18.2 Å². The van der Waals surface area contributed by atoms with Crippen LogP contribution in [0.25, 0.3) is 0 Å². The summed E-state index contributed by atoms with van der Waals surface area (Å²) in [6, 6.07) is 6.29. The Hall–Kier alpha value is -1.02. The van der Waals surface area contributed by atoms with E-state index in [1.165, 1.54) is 18.4 Å². The van der Waals surface area contributed by atoms with Crippen molar-refractivity contribution in [3.8, 4) is 5.75 Å². The van der Waals surface area contributed by atoms with Crippen LogP contribution in [0.1, 0.15) is 43.7 Å². The highest BCUT2D eigenvalue weighted by Gasteiger charge is 2.27. The van der Waals surface area contributed by atoms with Gasteiger partial charge in [-0.2, -0.15) is 0 Å². The minimum absolute atomic E-state index is 0.105. The van der Waals surface area contributed by atoms with Crippen molar-refractivity contribution in [2.24, 2.45) is 0 Å². The lowest BCUT2D eigenvalue weighted by molar-refractivity contribution is 0.314. The van der Waals surface area contributed by atoms with E-state index in [-0.39, 0.29) is 6.61 Å². The predicted molar refractivity (Wildman–Crippen MR) is 64.7 cm³/mol. The summed E-state index contributed by atoms with van der Waals surface area (Å²) >= 11 is 0. The number of aliphatic hydroxyl groups excluding tert-OH is 1. The quantitative estimate of drug-likeness (QED) is 0.825. The third-order valence-electron chi connectivity index (χ3n) is 3.06. The highest BCUT2D eigenvalue weighted by molar-refractivity contribution is 5.45. The molecule has 0 aliphatic heterocycles. The maximum absolute atomic E-state index is 9.12. The van der Waals surface area contributed by atoms with E-state index in [1.54, 1.807) is 0 Å². The van der Waals surface area contributed by atoms with E-state index in [9.17, 15) is 0 Å². The van der Waals surface area contributed by atoms with Crippen LogP contribution in [0.5, 0.6) is 5.75 Å². The fourth-order valence-electron chi connectivity index (χ4n) is 1.90. The van der Waals surface area contributed by atoms with Gasteiger partial charge in [-0.15, -0.1) is 0 Å². The number of benzene rings is 1. The maximum Gasteiger partial charge on any atom is 0.123 e. The zero-order valence-electron chi connectivity index (χ0n) is 9.99. The molecule has 2 nitrogen and oxygen atoms in total. The van der Waals surface area contributed by atoms with Crippen molar-refractivity contribution in [3.63, 3.8) is 0 Å². The third kappa shape index (κ3) is 2.38. The molecule has 2 rings (SSSR count). The molecule has 0 atom stereocenters. The van der Waals surface area contributed by atoms with Gasteiger partial charge in [0.15, 0.2) is 0 Å². The molecule has 1 fully saturated rings. The summed E-state index contributed by atoms with van der Waals surface area (Å²) in [4.78, 5) is 0. The molecule has 1 aliphatic rings. The second kappa shape index (κ2) is 4.88. The molecule has 1 N–H and O–H groups in total. The molecule has 2 heteroatoms. The maximum atomic E-state index is 9.12. The highest BCUT2D eigenvalue weighted by atomic mass is 16.5. The largest absolute Gasteiger partial charge is 0.494 e. The van der Waals surface area contributed by atoms with Gasteiger partial charge in [0.25, 0.3) is 0 Å². The van der Waals surface area contributed by atoms with E-state index in [0.717, 1.165) is 17.2 Å². The highest BCUT2D eigenvalue weighted by Crippen LogP contribution is 2.44. The Balaban J connectivity index is 2.27. The van der Waals surface area contributed by atoms with E-state index in [4.69, 9.17) is 9.84 Å². The standard InChI is InChI=1S/C14H19O2/c1-3-16-14-8-12(10(2)9-15)6-7-13(14)11-4-5-11/h6-8,11,15H,3-5,9H2,1-2H3. The lowest BCUT2D eigenvalue weighted by atomic mass is 9.98. The molecule has 87 valence electrons. The van der Waals surface area contributed by atoms with Gasteiger partial charge in [-0.3, -0.25) is 0 Å². The first kappa shape index (κ1) is 11.5. The van der Waals surface area contributed by atoms with Gasteiger partial charge in [-0.05, 0) is 42.9 Å². The van der Waals surface area contributed by atoms with Crippen LogP contribution >= 0.6 is 0 Å². The molecular formula is C14H19O2. The summed E-state index contributed by atoms with van der Waals surface area (Å²) < 4.78 is 5.68. The van der Waals surface area contributed by atoms with E-state index >= 15 is 0 Å². The zero-order valence-corrected chi connectivity index (χ0v) is 9.99. The summed E-state index contributed by atoms with van der Waals surface area (Å²) in [6.45, 7) is 4.75. The van der Waals surface area contributed by atoms with Crippen LogP contribution in [0.2, 0.25) is 0 Å². The number of ether oxygens (including phenoxy) is 1. The lowest BCUT2D eigenvalue weighted by Crippen LogP contribution is -2.02. The molecule has 0 heterocycles. The fraction of sp³-hybridized carbons (Fsp3) is 0.500. The average molecular weight is 219 g/mol. The zero-order chi connectivity index (χ0) is 11.5. The number of rotatable bonds is 5. The van der Waals surface area contributed by atoms with Crippen molar-refractivity contribution >= 4 is 0 Å². The predicted octanol–water partition coefficient (Wildman–Crippen LogP) is 2.90. The van der Waals surface area contributed by atoms with E-state index in [1.807, 2.05) is 13.8 Å². The van der Waals surface area contributed by atoms with Crippen molar-refractivity contribution in [2.45, 2.75) is 32.6 Å². The molecule has 1 aromatic rings. The van der Waals surface area contributed by atoms with Crippen molar-refractivity contribution in [3.05, 3.63) is 35.2 Å². The topological polar surface area (TPSA) is 29.5 Å². The Morgan fingerprint density at radius 3 is 2.75 bits per heavy atom. The molecule has 16 heavy (non-hydrogen) atoms. The monoisotopic (exact) mass is 219 g/mol. The lowest BCUT2D eigenvalue weighted by Gasteiger charge is -2.14. The summed E-state index contributed by atoms with van der Waals surface area (Å²) in [6.07, 6.45) is 2.56. The molecule has 0 saturated heterocycles. The smallest absolute Gasteiger partial charge is 0.123 e. The molecule has 0 amide bonds. The second-order valence-electron chi connectivity index (χ2n) is 4.40. The van der Waals surface area contributed by atoms with Gasteiger partial charge in [0.1, 0.15) is 5.75 Å². The number of hydrogen-bond donors (Lipinski definition) is 1. The molecule has 1 aliphatic carbocycles. The van der Waals surface area contributed by atoms with Crippen molar-refractivity contribution < 1.29 is 9.84 Å². The van der Waals surface area contributed by atoms with Gasteiger partial charge < -0.3 is 9.84 Å². The fourth-order valence-corrected chi connectivity index (χ4v) is 1.90. The first-order chi connectivity index (χ1) is 7.76. The SMILES string of the molecule is CCOc1cc([C](C)CO)ccc1C1CC1. The van der Waals surface area contributed by atoms with Gasteiger partial charge in [0.05, 0.1) is 13.2 Å². The Morgan fingerprint density at radius 2 is 2.19 bits per heavy atom. The molecular weight excluding hydrogens is 200 g/mol. The van der Waals surface area contributed by atoms with Crippen LogP contribution in [0.4, 0.5) is 0 Å². The average Bonchev–Trinajstić information content (AvgIpc) is 3.12. The Morgan fingerprint density at radius 1 is 1.44 bits per heavy atom. The van der Waals surface area contributed by atoms with E-state index in [0.29, 0.717) is 12.5 Å². The molecule has 1 radical (unpaired) electrons. The van der Waals surface area contributed by atoms with Gasteiger partial charge in [-0.1, -0.05) is 19.1 Å². The van der Waals surface area contributed by atoms with Crippen molar-refractivity contribution in [1.29, 1.82) is 0 Å². The van der Waals surface area contributed by atoms with Crippen molar-refractivity contribution in [2.75, 3.05) is 13.2 Å². The summed E-state index contributed by atoms with van der Waals surface area (Å²) in [5, 5.41) is 9.12. The third-order valence-corrected chi connectivity index (χ3v) is 3.06. The van der Waals surface area contributed by atoms with Gasteiger partial charge >= 0.3 is 0 Å². The molecule has 0 aromatic heterocycles. The van der Waals surface area contributed by atoms with Crippen LogP contribution in [-0.4, -0.2) is 18.3 Å². The van der Waals surface area contributed by atoms with Crippen LogP contribution in [0, 0.1) is 5.92 Å².